The van der Waals surface area contributed by atoms with Gasteiger partial charge in [0.1, 0.15) is 5.82 Å². The number of rotatable bonds is 4. The molecule has 1 aromatic carbocycles. The second-order valence-corrected chi connectivity index (χ2v) is 6.48. The molecule has 21 heavy (non-hydrogen) atoms. The van der Waals surface area contributed by atoms with Gasteiger partial charge in [0.2, 0.25) is 5.91 Å². The molecule has 1 aliphatic heterocycles. The van der Waals surface area contributed by atoms with Crippen LogP contribution in [0.15, 0.2) is 18.2 Å². The van der Waals surface area contributed by atoms with Gasteiger partial charge in [0.05, 0.1) is 0 Å². The van der Waals surface area contributed by atoms with E-state index in [1.54, 1.807) is 6.07 Å². The van der Waals surface area contributed by atoms with E-state index in [1.165, 1.54) is 6.07 Å². The van der Waals surface area contributed by atoms with Crippen molar-refractivity contribution in [1.82, 2.24) is 10.6 Å². The Morgan fingerprint density at radius 1 is 1.43 bits per heavy atom. The molecule has 3 nitrogen and oxygen atoms in total. The van der Waals surface area contributed by atoms with Crippen LogP contribution in [0.2, 0.25) is 0 Å². The van der Waals surface area contributed by atoms with Crippen molar-refractivity contribution in [2.45, 2.75) is 32.6 Å². The summed E-state index contributed by atoms with van der Waals surface area (Å²) in [5, 5.41) is 6.41. The van der Waals surface area contributed by atoms with Crippen LogP contribution in [-0.4, -0.2) is 25.5 Å². The van der Waals surface area contributed by atoms with E-state index in [-0.39, 0.29) is 17.6 Å². The van der Waals surface area contributed by atoms with Gasteiger partial charge in [0.15, 0.2) is 0 Å². The Morgan fingerprint density at radius 3 is 2.90 bits per heavy atom. The van der Waals surface area contributed by atoms with Crippen molar-refractivity contribution in [3.8, 4) is 0 Å². The van der Waals surface area contributed by atoms with Crippen LogP contribution in [0.1, 0.15) is 30.4 Å². The van der Waals surface area contributed by atoms with Crippen molar-refractivity contribution in [2.24, 2.45) is 11.3 Å². The highest BCUT2D eigenvalue weighted by Gasteiger charge is 2.57. The number of halogens is 1. The first kappa shape index (κ1) is 14.5. The van der Waals surface area contributed by atoms with Crippen molar-refractivity contribution in [3.05, 3.63) is 35.1 Å². The highest BCUT2D eigenvalue weighted by molar-refractivity contribution is 5.82. The molecule has 1 amide bonds. The van der Waals surface area contributed by atoms with E-state index in [2.05, 4.69) is 10.6 Å². The molecular weight excluding hydrogens is 267 g/mol. The molecule has 1 unspecified atom stereocenters. The molecule has 114 valence electrons. The lowest BCUT2D eigenvalue weighted by atomic mass is 9.92. The van der Waals surface area contributed by atoms with Gasteiger partial charge in [-0.05, 0) is 74.4 Å². The van der Waals surface area contributed by atoms with Crippen LogP contribution in [0, 0.1) is 24.1 Å². The zero-order chi connectivity index (χ0) is 14.9. The van der Waals surface area contributed by atoms with E-state index in [0.717, 1.165) is 49.9 Å². The molecule has 1 aromatic rings. The van der Waals surface area contributed by atoms with E-state index in [0.29, 0.717) is 12.0 Å². The Kier molecular flexibility index (Phi) is 3.98. The lowest BCUT2D eigenvalue weighted by Gasteiger charge is -2.23. The molecule has 3 rings (SSSR count). The van der Waals surface area contributed by atoms with Crippen molar-refractivity contribution in [1.29, 1.82) is 0 Å². The molecule has 1 saturated carbocycles. The lowest BCUT2D eigenvalue weighted by Crippen LogP contribution is -2.34. The highest BCUT2D eigenvalue weighted by Crippen LogP contribution is 2.58. The summed E-state index contributed by atoms with van der Waals surface area (Å²) in [6, 6.07) is 4.83. The third kappa shape index (κ3) is 3.10. The average molecular weight is 290 g/mol. The third-order valence-electron chi connectivity index (χ3n) is 5.10. The SMILES string of the molecule is Cc1cc(F)ccc1CCNC(=O)C1CC12CCNCC2. The van der Waals surface area contributed by atoms with Crippen LogP contribution >= 0.6 is 0 Å². The van der Waals surface area contributed by atoms with Gasteiger partial charge in [-0.1, -0.05) is 6.07 Å². The first-order chi connectivity index (χ1) is 10.1. The van der Waals surface area contributed by atoms with Gasteiger partial charge in [-0.25, -0.2) is 4.39 Å². The summed E-state index contributed by atoms with van der Waals surface area (Å²) in [7, 11) is 0. The fourth-order valence-electron chi connectivity index (χ4n) is 3.58. The molecule has 0 bridgehead atoms. The van der Waals surface area contributed by atoms with Gasteiger partial charge < -0.3 is 10.6 Å². The Hall–Kier alpha value is -1.42. The molecule has 4 heteroatoms. The minimum Gasteiger partial charge on any atom is -0.356 e. The van der Waals surface area contributed by atoms with Gasteiger partial charge in [0.25, 0.3) is 0 Å². The maximum Gasteiger partial charge on any atom is 0.223 e. The standard InChI is InChI=1S/C17H23FN2O/c1-12-10-14(18)3-2-13(12)4-7-20-16(21)15-11-17(15)5-8-19-9-6-17/h2-3,10,15,19H,4-9,11H2,1H3,(H,20,21). The smallest absolute Gasteiger partial charge is 0.223 e. The first-order valence-electron chi connectivity index (χ1n) is 7.84. The van der Waals surface area contributed by atoms with Crippen LogP contribution in [0.5, 0.6) is 0 Å². The normalized spacial score (nSPS) is 23.0. The third-order valence-corrected chi connectivity index (χ3v) is 5.10. The Labute approximate surface area is 125 Å². The molecule has 1 heterocycles. The van der Waals surface area contributed by atoms with Gasteiger partial charge in [0, 0.05) is 12.5 Å². The number of hydrogen-bond acceptors (Lipinski definition) is 2. The molecule has 2 N–H and O–H groups in total. The van der Waals surface area contributed by atoms with Crippen molar-refractivity contribution < 1.29 is 9.18 Å². The minimum absolute atomic E-state index is 0.203. The number of nitrogens with one attached hydrogen (secondary N) is 2. The summed E-state index contributed by atoms with van der Waals surface area (Å²) >= 11 is 0. The number of carbonyl (C=O) groups excluding carboxylic acids is 1. The molecule has 2 fully saturated rings. The molecular formula is C17H23FN2O. The number of amides is 1. The van der Waals surface area contributed by atoms with E-state index in [1.807, 2.05) is 13.0 Å². The molecule has 0 radical (unpaired) electrons. The first-order valence-corrected chi connectivity index (χ1v) is 7.84. The topological polar surface area (TPSA) is 41.1 Å². The minimum atomic E-state index is -0.203. The van der Waals surface area contributed by atoms with Crippen LogP contribution in [0.3, 0.4) is 0 Å². The predicted molar refractivity (Wildman–Crippen MR) is 80.5 cm³/mol. The summed E-state index contributed by atoms with van der Waals surface area (Å²) < 4.78 is 13.0. The molecule has 1 spiro atoms. The van der Waals surface area contributed by atoms with E-state index in [4.69, 9.17) is 0 Å². The molecule has 1 atom stereocenters. The second-order valence-electron chi connectivity index (χ2n) is 6.48. The van der Waals surface area contributed by atoms with E-state index in [9.17, 15) is 9.18 Å². The average Bonchev–Trinajstić information content (AvgIpc) is 3.15. The van der Waals surface area contributed by atoms with Crippen LogP contribution in [-0.2, 0) is 11.2 Å². The summed E-state index contributed by atoms with van der Waals surface area (Å²) in [6.45, 7) is 4.62. The van der Waals surface area contributed by atoms with Crippen molar-refractivity contribution >= 4 is 5.91 Å². The monoisotopic (exact) mass is 290 g/mol. The van der Waals surface area contributed by atoms with Gasteiger partial charge >= 0.3 is 0 Å². The van der Waals surface area contributed by atoms with Crippen molar-refractivity contribution in [2.75, 3.05) is 19.6 Å². The molecule has 0 aromatic heterocycles. The maximum absolute atomic E-state index is 13.0. The number of carbonyl (C=O) groups is 1. The summed E-state index contributed by atoms with van der Waals surface area (Å²) in [5.41, 5.74) is 2.34. The number of piperidine rings is 1. The van der Waals surface area contributed by atoms with E-state index < -0.39 is 0 Å². The fraction of sp³-hybridized carbons (Fsp3) is 0.588. The number of aryl methyl sites for hydroxylation is 1. The lowest BCUT2D eigenvalue weighted by molar-refractivity contribution is -0.123. The van der Waals surface area contributed by atoms with Gasteiger partial charge in [-0.2, -0.15) is 0 Å². The summed E-state index contributed by atoms with van der Waals surface area (Å²) in [6.07, 6.45) is 4.07. The number of hydrogen-bond donors (Lipinski definition) is 2. The Bertz CT molecular complexity index is 538. The number of benzene rings is 1. The molecule has 1 aliphatic carbocycles. The highest BCUT2D eigenvalue weighted by atomic mass is 19.1. The van der Waals surface area contributed by atoms with Crippen LogP contribution in [0.25, 0.3) is 0 Å². The van der Waals surface area contributed by atoms with Gasteiger partial charge in [-0.3, -0.25) is 4.79 Å². The van der Waals surface area contributed by atoms with Gasteiger partial charge in [-0.15, -0.1) is 0 Å². The largest absolute Gasteiger partial charge is 0.356 e. The predicted octanol–water partition coefficient (Wildman–Crippen LogP) is 2.18. The zero-order valence-electron chi connectivity index (χ0n) is 12.5. The quantitative estimate of drug-likeness (QED) is 0.892. The summed E-state index contributed by atoms with van der Waals surface area (Å²) in [4.78, 5) is 12.2. The molecule has 2 aliphatic rings. The van der Waals surface area contributed by atoms with E-state index >= 15 is 0 Å². The van der Waals surface area contributed by atoms with Crippen molar-refractivity contribution in [3.63, 3.8) is 0 Å². The zero-order valence-corrected chi connectivity index (χ0v) is 12.5. The van der Waals surface area contributed by atoms with Crippen LogP contribution in [0.4, 0.5) is 4.39 Å². The fourth-order valence-corrected chi connectivity index (χ4v) is 3.58. The Morgan fingerprint density at radius 2 is 2.19 bits per heavy atom. The summed E-state index contributed by atoms with van der Waals surface area (Å²) in [5.74, 6) is 0.219. The Balaban J connectivity index is 1.46. The second kappa shape index (κ2) is 5.76. The molecule has 1 saturated heterocycles. The van der Waals surface area contributed by atoms with Crippen LogP contribution < -0.4 is 10.6 Å². The maximum atomic E-state index is 13.0.